The topological polar surface area (TPSA) is 73.6 Å². The van der Waals surface area contributed by atoms with E-state index in [0.717, 1.165) is 12.1 Å². The van der Waals surface area contributed by atoms with Crippen LogP contribution in [0.2, 0.25) is 0 Å². The Hall–Kier alpha value is -2.90. The summed E-state index contributed by atoms with van der Waals surface area (Å²) in [6, 6.07) is 9.66. The lowest BCUT2D eigenvalue weighted by molar-refractivity contribution is -0.150. The van der Waals surface area contributed by atoms with Crippen molar-refractivity contribution >= 4 is 23.0 Å². The Morgan fingerprint density at radius 3 is 2.38 bits per heavy atom. The third-order valence-electron chi connectivity index (χ3n) is 3.44. The second-order valence-corrected chi connectivity index (χ2v) is 5.46. The first-order valence-corrected chi connectivity index (χ1v) is 7.87. The van der Waals surface area contributed by atoms with Gasteiger partial charge in [0.15, 0.2) is 6.10 Å². The van der Waals surface area contributed by atoms with Crippen LogP contribution in [-0.4, -0.2) is 18.7 Å². The van der Waals surface area contributed by atoms with Gasteiger partial charge in [0.25, 0.3) is 0 Å². The summed E-state index contributed by atoms with van der Waals surface area (Å²) in [4.78, 5) is 11.5. The molecule has 26 heavy (non-hydrogen) atoms. The summed E-state index contributed by atoms with van der Waals surface area (Å²) < 4.78 is 48.3. The number of rotatable bonds is 6. The van der Waals surface area contributed by atoms with Crippen molar-refractivity contribution in [3.05, 3.63) is 48.0 Å². The maximum atomic E-state index is 12.7. The summed E-state index contributed by atoms with van der Waals surface area (Å²) in [5.41, 5.74) is 5.82. The molecule has 2 aromatic rings. The number of nitrogens with one attached hydrogen (secondary N) is 1. The average Bonchev–Trinajstić information content (AvgIpc) is 2.57. The van der Waals surface area contributed by atoms with Crippen molar-refractivity contribution in [3.8, 4) is 5.75 Å². The molecular weight excluding hydrogens is 349 g/mol. The molecule has 2 aromatic carbocycles. The monoisotopic (exact) mass is 368 g/mol. The first-order chi connectivity index (χ1) is 12.2. The minimum atomic E-state index is -4.44. The highest BCUT2D eigenvalue weighted by Crippen LogP contribution is 2.33. The number of benzene rings is 2. The molecule has 0 aliphatic carbocycles. The fraction of sp³-hybridized carbons (Fsp3) is 0.278. The van der Waals surface area contributed by atoms with Crippen molar-refractivity contribution in [3.63, 3.8) is 0 Å². The molecule has 1 unspecified atom stereocenters. The van der Waals surface area contributed by atoms with E-state index >= 15 is 0 Å². The van der Waals surface area contributed by atoms with Crippen molar-refractivity contribution in [1.82, 2.24) is 0 Å². The molecule has 0 spiro atoms. The van der Waals surface area contributed by atoms with Gasteiger partial charge < -0.3 is 20.5 Å². The fourth-order valence-corrected chi connectivity index (χ4v) is 2.14. The Labute approximate surface area is 148 Å². The number of carbonyl (C=O) groups excluding carboxylic acids is 1. The highest BCUT2D eigenvalue weighted by atomic mass is 19.4. The number of carbonyl (C=O) groups is 1. The lowest BCUT2D eigenvalue weighted by atomic mass is 10.1. The van der Waals surface area contributed by atoms with Gasteiger partial charge in [-0.25, -0.2) is 4.79 Å². The summed E-state index contributed by atoms with van der Waals surface area (Å²) in [7, 11) is 0. The number of alkyl halides is 3. The van der Waals surface area contributed by atoms with Crippen LogP contribution in [-0.2, 0) is 15.7 Å². The van der Waals surface area contributed by atoms with Gasteiger partial charge in [-0.2, -0.15) is 13.2 Å². The minimum Gasteiger partial charge on any atom is -0.479 e. The molecule has 0 heterocycles. The minimum absolute atomic E-state index is 0.0175. The second-order valence-electron chi connectivity index (χ2n) is 5.46. The third-order valence-corrected chi connectivity index (χ3v) is 3.44. The number of halogens is 3. The number of hydrogen-bond donors (Lipinski definition) is 2. The number of hydrogen-bond acceptors (Lipinski definition) is 5. The van der Waals surface area contributed by atoms with Crippen molar-refractivity contribution in [1.29, 1.82) is 0 Å². The summed E-state index contributed by atoms with van der Waals surface area (Å²) in [5.74, 6) is -0.0104. The molecule has 1 atom stereocenters. The molecule has 0 amide bonds. The largest absolute Gasteiger partial charge is 0.479 e. The molecule has 0 radical (unpaired) electrons. The normalized spacial score (nSPS) is 12.3. The molecule has 0 saturated heterocycles. The van der Waals surface area contributed by atoms with Gasteiger partial charge in [0.05, 0.1) is 23.5 Å². The van der Waals surface area contributed by atoms with Crippen molar-refractivity contribution < 1.29 is 27.4 Å². The first-order valence-electron chi connectivity index (χ1n) is 7.87. The molecule has 8 heteroatoms. The lowest BCUT2D eigenvalue weighted by Gasteiger charge is -2.15. The standard InChI is InChI=1S/C18H19F3N2O3/c1-3-25-17(24)11(2)26-14-7-5-13(6-8-14)23-16-9-4-12(10-15(16)22)18(19,20)21/h4-11,23H,3,22H2,1-2H3. The average molecular weight is 368 g/mol. The van der Waals surface area contributed by atoms with E-state index in [1.807, 2.05) is 0 Å². The van der Waals surface area contributed by atoms with Gasteiger partial charge in [0, 0.05) is 5.69 Å². The summed E-state index contributed by atoms with van der Waals surface area (Å²) >= 11 is 0. The van der Waals surface area contributed by atoms with Crippen molar-refractivity contribution in [2.75, 3.05) is 17.7 Å². The van der Waals surface area contributed by atoms with Gasteiger partial charge >= 0.3 is 12.1 Å². The van der Waals surface area contributed by atoms with E-state index in [1.54, 1.807) is 38.1 Å². The van der Waals surface area contributed by atoms with E-state index in [9.17, 15) is 18.0 Å². The maximum Gasteiger partial charge on any atom is 0.416 e. The van der Waals surface area contributed by atoms with Crippen LogP contribution >= 0.6 is 0 Å². The number of ether oxygens (including phenoxy) is 2. The Balaban J connectivity index is 2.04. The van der Waals surface area contributed by atoms with Crippen LogP contribution in [0.4, 0.5) is 30.2 Å². The molecule has 0 fully saturated rings. The van der Waals surface area contributed by atoms with Crippen LogP contribution in [0.3, 0.4) is 0 Å². The molecule has 3 N–H and O–H groups in total. The zero-order valence-electron chi connectivity index (χ0n) is 14.3. The van der Waals surface area contributed by atoms with Crippen LogP contribution in [0.15, 0.2) is 42.5 Å². The molecule has 2 rings (SSSR count). The van der Waals surface area contributed by atoms with Gasteiger partial charge in [0.2, 0.25) is 0 Å². The molecular formula is C18H19F3N2O3. The van der Waals surface area contributed by atoms with E-state index in [4.69, 9.17) is 15.2 Å². The molecule has 0 aliphatic rings. The van der Waals surface area contributed by atoms with E-state index in [1.165, 1.54) is 6.07 Å². The maximum absolute atomic E-state index is 12.7. The number of nitrogens with two attached hydrogens (primary N) is 1. The zero-order valence-corrected chi connectivity index (χ0v) is 14.3. The van der Waals surface area contributed by atoms with E-state index in [-0.39, 0.29) is 12.3 Å². The fourth-order valence-electron chi connectivity index (χ4n) is 2.14. The SMILES string of the molecule is CCOC(=O)C(C)Oc1ccc(Nc2ccc(C(F)(F)F)cc2N)cc1. The molecule has 0 saturated carbocycles. The predicted octanol–water partition coefficient (Wildman–Crippen LogP) is 4.36. The molecule has 0 aliphatic heterocycles. The quantitative estimate of drug-likeness (QED) is 0.585. The molecule has 0 bridgehead atoms. The van der Waals surface area contributed by atoms with Crippen molar-refractivity contribution in [2.45, 2.75) is 26.1 Å². The predicted molar refractivity (Wildman–Crippen MR) is 92.3 cm³/mol. The van der Waals surface area contributed by atoms with Crippen LogP contribution in [0.1, 0.15) is 19.4 Å². The van der Waals surface area contributed by atoms with Crippen LogP contribution in [0.5, 0.6) is 5.75 Å². The van der Waals surface area contributed by atoms with Gasteiger partial charge in [0.1, 0.15) is 5.75 Å². The van der Waals surface area contributed by atoms with Crippen LogP contribution in [0.25, 0.3) is 0 Å². The summed E-state index contributed by atoms with van der Waals surface area (Å²) in [6.45, 7) is 3.55. The van der Waals surface area contributed by atoms with E-state index in [2.05, 4.69) is 5.32 Å². The van der Waals surface area contributed by atoms with Crippen molar-refractivity contribution in [2.24, 2.45) is 0 Å². The number of anilines is 3. The zero-order chi connectivity index (χ0) is 19.3. The first kappa shape index (κ1) is 19.4. The Morgan fingerprint density at radius 1 is 1.19 bits per heavy atom. The third kappa shape index (κ3) is 5.05. The highest BCUT2D eigenvalue weighted by molar-refractivity contribution is 5.75. The molecule has 140 valence electrons. The Bertz CT molecular complexity index is 761. The van der Waals surface area contributed by atoms with Crippen LogP contribution in [0, 0.1) is 0 Å². The molecule has 5 nitrogen and oxygen atoms in total. The van der Waals surface area contributed by atoms with E-state index in [0.29, 0.717) is 17.1 Å². The van der Waals surface area contributed by atoms with Gasteiger partial charge in [-0.15, -0.1) is 0 Å². The number of esters is 1. The highest BCUT2D eigenvalue weighted by Gasteiger charge is 2.30. The smallest absolute Gasteiger partial charge is 0.416 e. The second kappa shape index (κ2) is 7.99. The lowest BCUT2D eigenvalue weighted by Crippen LogP contribution is -2.26. The molecule has 0 aromatic heterocycles. The number of nitrogen functional groups attached to an aromatic ring is 1. The Morgan fingerprint density at radius 2 is 1.85 bits per heavy atom. The van der Waals surface area contributed by atoms with Gasteiger partial charge in [-0.3, -0.25) is 0 Å². The van der Waals surface area contributed by atoms with E-state index < -0.39 is 23.8 Å². The van der Waals surface area contributed by atoms with Gasteiger partial charge in [-0.05, 0) is 56.3 Å². The Kier molecular flexibility index (Phi) is 5.97. The van der Waals surface area contributed by atoms with Crippen LogP contribution < -0.4 is 15.8 Å². The summed E-state index contributed by atoms with van der Waals surface area (Å²) in [5, 5.41) is 2.93. The summed E-state index contributed by atoms with van der Waals surface area (Å²) in [6.07, 6.45) is -5.19. The van der Waals surface area contributed by atoms with Gasteiger partial charge in [-0.1, -0.05) is 0 Å².